The normalized spacial score (nSPS) is 14.0. The number of hydrogen-bond acceptors (Lipinski definition) is 4. The Labute approximate surface area is 156 Å². The number of benzene rings is 2. The van der Waals surface area contributed by atoms with E-state index in [1.54, 1.807) is 6.07 Å². The first kappa shape index (κ1) is 16.1. The van der Waals surface area contributed by atoms with Crippen LogP contribution in [0.25, 0.3) is 33.3 Å². The van der Waals surface area contributed by atoms with Crippen molar-refractivity contribution in [1.82, 2.24) is 4.98 Å². The number of carbonyl (C=O) groups is 1. The van der Waals surface area contributed by atoms with Crippen LogP contribution in [0, 0.1) is 6.92 Å². The van der Waals surface area contributed by atoms with E-state index in [9.17, 15) is 4.79 Å². The first-order valence-corrected chi connectivity index (χ1v) is 9.18. The van der Waals surface area contributed by atoms with Crippen LogP contribution in [0.4, 0.5) is 0 Å². The highest BCUT2D eigenvalue weighted by Gasteiger charge is 2.28. The molecule has 4 nitrogen and oxygen atoms in total. The lowest BCUT2D eigenvalue weighted by atomic mass is 10.00. The molecule has 4 heteroatoms. The molecule has 134 valence electrons. The number of methoxy groups -OCH3 is 1. The first-order valence-electron chi connectivity index (χ1n) is 9.18. The van der Waals surface area contributed by atoms with E-state index in [1.807, 2.05) is 43.3 Å². The molecule has 0 bridgehead atoms. The van der Waals surface area contributed by atoms with E-state index in [2.05, 4.69) is 6.07 Å². The molecule has 1 aliphatic rings. The summed E-state index contributed by atoms with van der Waals surface area (Å²) in [6.07, 6.45) is 2.34. The summed E-state index contributed by atoms with van der Waals surface area (Å²) in [6, 6.07) is 15.8. The second-order valence-electron chi connectivity index (χ2n) is 7.12. The van der Waals surface area contributed by atoms with Crippen LogP contribution in [0.2, 0.25) is 0 Å². The van der Waals surface area contributed by atoms with Gasteiger partial charge in [-0.3, -0.25) is 0 Å². The molecule has 0 N–H and O–H groups in total. The summed E-state index contributed by atoms with van der Waals surface area (Å²) in [7, 11) is 1.41. The van der Waals surface area contributed by atoms with Crippen LogP contribution in [0.5, 0.6) is 0 Å². The van der Waals surface area contributed by atoms with Gasteiger partial charge in [0.25, 0.3) is 0 Å². The van der Waals surface area contributed by atoms with Gasteiger partial charge < -0.3 is 9.15 Å². The quantitative estimate of drug-likeness (QED) is 0.447. The van der Waals surface area contributed by atoms with Crippen LogP contribution < -0.4 is 0 Å². The second-order valence-corrected chi connectivity index (χ2v) is 7.12. The summed E-state index contributed by atoms with van der Waals surface area (Å²) < 4.78 is 11.1. The number of para-hydroxylation sites is 2. The fourth-order valence-electron chi connectivity index (χ4n) is 3.81. The van der Waals surface area contributed by atoms with Gasteiger partial charge >= 0.3 is 5.97 Å². The Bertz CT molecular complexity index is 1200. The highest BCUT2D eigenvalue weighted by atomic mass is 16.5. The van der Waals surface area contributed by atoms with Crippen LogP contribution in [0.1, 0.15) is 40.2 Å². The van der Waals surface area contributed by atoms with E-state index in [1.165, 1.54) is 25.5 Å². The van der Waals surface area contributed by atoms with E-state index >= 15 is 0 Å². The van der Waals surface area contributed by atoms with Crippen molar-refractivity contribution in [2.45, 2.75) is 25.7 Å². The fraction of sp³-hybridized carbons (Fsp3) is 0.217. The van der Waals surface area contributed by atoms with Gasteiger partial charge in [-0.25, -0.2) is 9.78 Å². The molecule has 2 aromatic carbocycles. The largest absolute Gasteiger partial charge is 0.465 e. The summed E-state index contributed by atoms with van der Waals surface area (Å²) >= 11 is 0. The number of hydrogen-bond donors (Lipinski definition) is 0. The molecule has 2 aromatic heterocycles. The maximum atomic E-state index is 12.5. The topological polar surface area (TPSA) is 52.3 Å². The smallest absolute Gasteiger partial charge is 0.338 e. The molecular weight excluding hydrogens is 338 g/mol. The Balaban J connectivity index is 1.82. The average molecular weight is 357 g/mol. The van der Waals surface area contributed by atoms with Gasteiger partial charge in [0.05, 0.1) is 18.2 Å². The number of nitrogens with zero attached hydrogens (tertiary/aromatic N) is 1. The highest BCUT2D eigenvalue weighted by Crippen LogP contribution is 2.44. The number of aryl methyl sites for hydroxylation is 1. The Morgan fingerprint density at radius 2 is 1.89 bits per heavy atom. The number of rotatable bonds is 3. The number of fused-ring (bicyclic) bond motifs is 2. The third kappa shape index (κ3) is 2.52. The molecule has 1 aliphatic carbocycles. The average Bonchev–Trinajstić information content (AvgIpc) is 3.50. The highest BCUT2D eigenvalue weighted by molar-refractivity contribution is 6.05. The maximum Gasteiger partial charge on any atom is 0.338 e. The maximum absolute atomic E-state index is 12.5. The number of pyridine rings is 1. The Hall–Kier alpha value is -3.14. The molecular formula is C23H19NO3. The van der Waals surface area contributed by atoms with Gasteiger partial charge in [0.1, 0.15) is 11.3 Å². The summed E-state index contributed by atoms with van der Waals surface area (Å²) in [5.74, 6) is 0.873. The summed E-state index contributed by atoms with van der Waals surface area (Å²) in [5, 5.41) is 1.90. The number of esters is 1. The number of ether oxygens (including phenoxy) is 1. The summed E-state index contributed by atoms with van der Waals surface area (Å²) in [6.45, 7) is 2.03. The molecule has 1 fully saturated rings. The molecule has 1 saturated carbocycles. The lowest BCUT2D eigenvalue weighted by Gasteiger charge is -2.11. The lowest BCUT2D eigenvalue weighted by molar-refractivity contribution is 0.0603. The van der Waals surface area contributed by atoms with Gasteiger partial charge in [-0.1, -0.05) is 36.4 Å². The molecule has 4 aromatic rings. The van der Waals surface area contributed by atoms with Crippen LogP contribution in [0.3, 0.4) is 0 Å². The molecule has 0 unspecified atom stereocenters. The van der Waals surface area contributed by atoms with Gasteiger partial charge in [0.2, 0.25) is 0 Å². The summed E-state index contributed by atoms with van der Waals surface area (Å²) in [5.41, 5.74) is 5.12. The molecule has 0 atom stereocenters. The molecule has 0 radical (unpaired) electrons. The van der Waals surface area contributed by atoms with Gasteiger partial charge in [-0.2, -0.15) is 0 Å². The minimum absolute atomic E-state index is 0.356. The van der Waals surface area contributed by atoms with Crippen LogP contribution in [0.15, 0.2) is 52.9 Å². The van der Waals surface area contributed by atoms with Crippen LogP contribution >= 0.6 is 0 Å². The van der Waals surface area contributed by atoms with Crippen LogP contribution in [-0.4, -0.2) is 18.1 Å². The third-order valence-electron chi connectivity index (χ3n) is 5.37. The first-order chi connectivity index (χ1) is 13.2. The molecule has 5 rings (SSSR count). The Kier molecular flexibility index (Phi) is 3.54. The molecule has 2 heterocycles. The SMILES string of the molecule is COC(=O)c1cc(-c2oc3ccccc3c2C)nc2c(C3CC3)cccc12. The Morgan fingerprint density at radius 1 is 1.11 bits per heavy atom. The zero-order valence-corrected chi connectivity index (χ0v) is 15.3. The van der Waals surface area contributed by atoms with E-state index < -0.39 is 0 Å². The van der Waals surface area contributed by atoms with E-state index in [-0.39, 0.29) is 5.97 Å². The predicted molar refractivity (Wildman–Crippen MR) is 105 cm³/mol. The molecule has 27 heavy (non-hydrogen) atoms. The third-order valence-corrected chi connectivity index (χ3v) is 5.37. The molecule has 0 amide bonds. The van der Waals surface area contributed by atoms with Crippen LogP contribution in [-0.2, 0) is 4.74 Å². The fourth-order valence-corrected chi connectivity index (χ4v) is 3.81. The van der Waals surface area contributed by atoms with Crippen molar-refractivity contribution in [3.05, 3.63) is 65.2 Å². The summed E-state index contributed by atoms with van der Waals surface area (Å²) in [4.78, 5) is 17.4. The van der Waals surface area contributed by atoms with Crippen molar-refractivity contribution in [3.8, 4) is 11.5 Å². The minimum Gasteiger partial charge on any atom is -0.465 e. The lowest BCUT2D eigenvalue weighted by Crippen LogP contribution is -2.05. The standard InChI is InChI=1S/C23H19NO3/c1-13-15-6-3-4-9-20(15)27-22(13)19-12-18(23(25)26-2)17-8-5-7-16(14-10-11-14)21(17)24-19/h3-9,12,14H,10-11H2,1-2H3. The van der Waals surface area contributed by atoms with E-state index in [4.69, 9.17) is 14.1 Å². The zero-order valence-electron chi connectivity index (χ0n) is 15.3. The van der Waals surface area contributed by atoms with Crippen molar-refractivity contribution in [2.75, 3.05) is 7.11 Å². The second kappa shape index (κ2) is 5.95. The molecule has 0 saturated heterocycles. The van der Waals surface area contributed by atoms with Crippen molar-refractivity contribution in [1.29, 1.82) is 0 Å². The van der Waals surface area contributed by atoms with Gasteiger partial charge in [-0.05, 0) is 43.4 Å². The zero-order chi connectivity index (χ0) is 18.5. The monoisotopic (exact) mass is 357 g/mol. The van der Waals surface area contributed by atoms with Crippen molar-refractivity contribution >= 4 is 27.8 Å². The Morgan fingerprint density at radius 3 is 2.63 bits per heavy atom. The molecule has 0 aliphatic heterocycles. The van der Waals surface area contributed by atoms with E-state index in [0.717, 1.165) is 27.4 Å². The minimum atomic E-state index is -0.356. The van der Waals surface area contributed by atoms with E-state index in [0.29, 0.717) is 22.9 Å². The molecule has 0 spiro atoms. The number of aromatic nitrogens is 1. The van der Waals surface area contributed by atoms with Gasteiger partial charge in [0.15, 0.2) is 5.76 Å². The van der Waals surface area contributed by atoms with Crippen molar-refractivity contribution < 1.29 is 13.9 Å². The number of carbonyl (C=O) groups excluding carboxylic acids is 1. The predicted octanol–water partition coefficient (Wildman–Crippen LogP) is 5.62. The van der Waals surface area contributed by atoms with Gasteiger partial charge in [-0.15, -0.1) is 0 Å². The van der Waals surface area contributed by atoms with Gasteiger partial charge in [0, 0.05) is 16.3 Å². The van der Waals surface area contributed by atoms with Crippen molar-refractivity contribution in [3.63, 3.8) is 0 Å². The number of furan rings is 1. The van der Waals surface area contributed by atoms with Crippen molar-refractivity contribution in [2.24, 2.45) is 0 Å².